The number of aromatic nitrogens is 2. The Hall–Kier alpha value is -3.71. The minimum atomic E-state index is -0.784. The number of hydrogen-bond donors (Lipinski definition) is 1. The number of halogens is 1. The van der Waals surface area contributed by atoms with Crippen molar-refractivity contribution in [3.63, 3.8) is 0 Å². The van der Waals surface area contributed by atoms with E-state index in [1.807, 2.05) is 60.9 Å². The Morgan fingerprint density at radius 1 is 1.09 bits per heavy atom. The molecule has 2 unspecified atom stereocenters. The Labute approximate surface area is 203 Å². The summed E-state index contributed by atoms with van der Waals surface area (Å²) in [6, 6.07) is 19.9. The lowest BCUT2D eigenvalue weighted by molar-refractivity contribution is -0.117. The molecule has 7 heteroatoms. The van der Waals surface area contributed by atoms with E-state index in [4.69, 9.17) is 9.72 Å². The maximum absolute atomic E-state index is 14.4. The molecule has 1 amide bonds. The quantitative estimate of drug-likeness (QED) is 0.421. The number of ether oxygens (including phenoxy) is 1. The summed E-state index contributed by atoms with van der Waals surface area (Å²) < 4.78 is 22.2. The van der Waals surface area contributed by atoms with Crippen molar-refractivity contribution in [1.29, 1.82) is 0 Å². The van der Waals surface area contributed by atoms with Crippen molar-refractivity contribution < 1.29 is 19.0 Å². The number of benzene rings is 3. The molecule has 1 aliphatic heterocycles. The zero-order valence-electron chi connectivity index (χ0n) is 19.8. The Balaban J connectivity index is 1.38. The number of hydrogen-bond acceptors (Lipinski definition) is 4. The Morgan fingerprint density at radius 3 is 2.66 bits per heavy atom. The number of carbonyl (C=O) groups is 1. The van der Waals surface area contributed by atoms with Gasteiger partial charge in [0, 0.05) is 18.9 Å². The van der Waals surface area contributed by atoms with E-state index in [-0.39, 0.29) is 37.1 Å². The third-order valence-corrected chi connectivity index (χ3v) is 6.63. The summed E-state index contributed by atoms with van der Waals surface area (Å²) in [6.45, 7) is 4.79. The third-order valence-electron chi connectivity index (χ3n) is 6.63. The van der Waals surface area contributed by atoms with Gasteiger partial charge in [0.25, 0.3) is 0 Å². The van der Waals surface area contributed by atoms with Gasteiger partial charge in [-0.05, 0) is 61.4 Å². The SMILES string of the molecule is Cc1ccc(OCC(O)Cn2c(C3CC(=O)N(c4ccccc4F)C3)nc3ccccc32)cc1C. The van der Waals surface area contributed by atoms with Gasteiger partial charge in [-0.25, -0.2) is 9.37 Å². The van der Waals surface area contributed by atoms with Crippen LogP contribution in [0.5, 0.6) is 5.75 Å². The lowest BCUT2D eigenvalue weighted by Gasteiger charge is -2.19. The standard InChI is InChI=1S/C28H28FN3O3/c1-18-11-12-22(13-19(18)2)35-17-21(33)16-32-26-10-6-4-8-24(26)30-28(32)20-14-27(34)31(15-20)25-9-5-3-7-23(25)29/h3-13,20-21,33H,14-17H2,1-2H3. The molecule has 4 aromatic rings. The molecule has 180 valence electrons. The fourth-order valence-corrected chi connectivity index (χ4v) is 4.64. The average Bonchev–Trinajstić information content (AvgIpc) is 3.41. The number of fused-ring (bicyclic) bond motifs is 1. The van der Waals surface area contributed by atoms with E-state index in [0.717, 1.165) is 16.6 Å². The topological polar surface area (TPSA) is 67.6 Å². The Bertz CT molecular complexity index is 1380. The monoisotopic (exact) mass is 473 g/mol. The molecular formula is C28H28FN3O3. The lowest BCUT2D eigenvalue weighted by Crippen LogP contribution is -2.27. The second kappa shape index (κ2) is 9.50. The van der Waals surface area contributed by atoms with Gasteiger partial charge in [-0.1, -0.05) is 30.3 Å². The molecule has 5 rings (SSSR count). The van der Waals surface area contributed by atoms with Crippen LogP contribution >= 0.6 is 0 Å². The summed E-state index contributed by atoms with van der Waals surface area (Å²) in [4.78, 5) is 19.1. The van der Waals surface area contributed by atoms with E-state index in [1.165, 1.54) is 16.5 Å². The number of rotatable bonds is 7. The van der Waals surface area contributed by atoms with Crippen LogP contribution in [0.3, 0.4) is 0 Å². The Morgan fingerprint density at radius 2 is 1.86 bits per heavy atom. The number of aliphatic hydroxyl groups is 1. The molecule has 1 aromatic heterocycles. The number of amides is 1. The van der Waals surface area contributed by atoms with Crippen molar-refractivity contribution in [2.75, 3.05) is 18.1 Å². The molecule has 1 saturated heterocycles. The number of aryl methyl sites for hydroxylation is 2. The van der Waals surface area contributed by atoms with Crippen LogP contribution in [0.4, 0.5) is 10.1 Å². The first-order chi connectivity index (χ1) is 16.9. The van der Waals surface area contributed by atoms with E-state index >= 15 is 0 Å². The molecule has 0 radical (unpaired) electrons. The van der Waals surface area contributed by atoms with Gasteiger partial charge in [-0.15, -0.1) is 0 Å². The van der Waals surface area contributed by atoms with Crippen molar-refractivity contribution in [2.45, 2.75) is 38.8 Å². The van der Waals surface area contributed by atoms with Crippen molar-refractivity contribution in [2.24, 2.45) is 0 Å². The van der Waals surface area contributed by atoms with Gasteiger partial charge in [0.2, 0.25) is 5.91 Å². The molecule has 2 atom stereocenters. The predicted octanol–water partition coefficient (Wildman–Crippen LogP) is 4.75. The lowest BCUT2D eigenvalue weighted by atomic mass is 10.1. The van der Waals surface area contributed by atoms with Crippen LogP contribution in [0.1, 0.15) is 29.3 Å². The smallest absolute Gasteiger partial charge is 0.227 e. The molecule has 0 saturated carbocycles. The summed E-state index contributed by atoms with van der Waals surface area (Å²) in [5.41, 5.74) is 4.27. The van der Waals surface area contributed by atoms with Crippen LogP contribution in [-0.2, 0) is 11.3 Å². The van der Waals surface area contributed by atoms with E-state index in [2.05, 4.69) is 0 Å². The second-order valence-electron chi connectivity index (χ2n) is 9.14. The fourth-order valence-electron chi connectivity index (χ4n) is 4.64. The number of imidazole rings is 1. The summed E-state index contributed by atoms with van der Waals surface area (Å²) >= 11 is 0. The zero-order chi connectivity index (χ0) is 24.5. The first-order valence-corrected chi connectivity index (χ1v) is 11.8. The third kappa shape index (κ3) is 4.64. The largest absolute Gasteiger partial charge is 0.491 e. The second-order valence-corrected chi connectivity index (χ2v) is 9.14. The number of nitrogens with zero attached hydrogens (tertiary/aromatic N) is 3. The molecule has 1 fully saturated rings. The summed E-state index contributed by atoms with van der Waals surface area (Å²) in [5.74, 6) is 0.641. The van der Waals surface area contributed by atoms with Crippen LogP contribution in [0.25, 0.3) is 11.0 Å². The number of anilines is 1. The van der Waals surface area contributed by atoms with E-state index in [9.17, 15) is 14.3 Å². The fraction of sp³-hybridized carbons (Fsp3) is 0.286. The molecular weight excluding hydrogens is 445 g/mol. The van der Waals surface area contributed by atoms with Gasteiger partial charge in [0.05, 0.1) is 23.3 Å². The Kier molecular flexibility index (Phi) is 6.26. The number of carbonyl (C=O) groups excluding carboxylic acids is 1. The normalized spacial score (nSPS) is 16.7. The van der Waals surface area contributed by atoms with Crippen molar-refractivity contribution in [1.82, 2.24) is 9.55 Å². The van der Waals surface area contributed by atoms with E-state index < -0.39 is 11.9 Å². The van der Waals surface area contributed by atoms with Gasteiger partial charge in [0.1, 0.15) is 30.1 Å². The van der Waals surface area contributed by atoms with Crippen LogP contribution < -0.4 is 9.64 Å². The van der Waals surface area contributed by atoms with Gasteiger partial charge in [-0.2, -0.15) is 0 Å². The van der Waals surface area contributed by atoms with E-state index in [1.54, 1.807) is 18.2 Å². The molecule has 1 N–H and O–H groups in total. The molecule has 3 aromatic carbocycles. The van der Waals surface area contributed by atoms with E-state index in [0.29, 0.717) is 18.1 Å². The van der Waals surface area contributed by atoms with Gasteiger partial charge in [0.15, 0.2) is 0 Å². The van der Waals surface area contributed by atoms with Crippen molar-refractivity contribution in [3.05, 3.63) is 89.5 Å². The first kappa shape index (κ1) is 23.1. The molecule has 0 spiro atoms. The number of para-hydroxylation sites is 3. The van der Waals surface area contributed by atoms with Crippen LogP contribution in [0, 0.1) is 19.7 Å². The molecule has 6 nitrogen and oxygen atoms in total. The van der Waals surface area contributed by atoms with Gasteiger partial charge < -0.3 is 19.3 Å². The summed E-state index contributed by atoms with van der Waals surface area (Å²) in [6.07, 6.45) is -0.555. The van der Waals surface area contributed by atoms with Crippen LogP contribution in [0.2, 0.25) is 0 Å². The highest BCUT2D eigenvalue weighted by molar-refractivity contribution is 5.96. The molecule has 1 aliphatic rings. The van der Waals surface area contributed by atoms with Crippen molar-refractivity contribution >= 4 is 22.6 Å². The van der Waals surface area contributed by atoms with Crippen LogP contribution in [-0.4, -0.2) is 39.8 Å². The summed E-state index contributed by atoms with van der Waals surface area (Å²) in [7, 11) is 0. The highest BCUT2D eigenvalue weighted by atomic mass is 19.1. The highest BCUT2D eigenvalue weighted by Crippen LogP contribution is 2.34. The average molecular weight is 474 g/mol. The minimum absolute atomic E-state index is 0.124. The predicted molar refractivity (Wildman–Crippen MR) is 133 cm³/mol. The van der Waals surface area contributed by atoms with Gasteiger partial charge in [-0.3, -0.25) is 4.79 Å². The first-order valence-electron chi connectivity index (χ1n) is 11.8. The van der Waals surface area contributed by atoms with Gasteiger partial charge >= 0.3 is 0 Å². The molecule has 35 heavy (non-hydrogen) atoms. The maximum atomic E-state index is 14.4. The summed E-state index contributed by atoms with van der Waals surface area (Å²) in [5, 5.41) is 10.9. The van der Waals surface area contributed by atoms with Crippen molar-refractivity contribution in [3.8, 4) is 5.75 Å². The molecule has 2 heterocycles. The van der Waals surface area contributed by atoms with Crippen LogP contribution in [0.15, 0.2) is 66.7 Å². The highest BCUT2D eigenvalue weighted by Gasteiger charge is 2.36. The maximum Gasteiger partial charge on any atom is 0.227 e. The molecule has 0 aliphatic carbocycles. The number of aliphatic hydroxyl groups excluding tert-OH is 1. The zero-order valence-corrected chi connectivity index (χ0v) is 19.8. The molecule has 0 bridgehead atoms. The minimum Gasteiger partial charge on any atom is -0.491 e.